The molecule has 1 aliphatic heterocycles. The third kappa shape index (κ3) is 1.36. The Kier molecular flexibility index (Phi) is 2.09. The number of carbonyl (C=O) groups is 1. The Labute approximate surface area is 80.4 Å². The van der Waals surface area contributed by atoms with Crippen LogP contribution in [-0.4, -0.2) is 24.2 Å². The lowest BCUT2D eigenvalue weighted by Gasteiger charge is -2.27. The van der Waals surface area contributed by atoms with Crippen LogP contribution in [0.4, 0.5) is 0 Å². The number of carboxylic acid groups (broad SMARTS) is 1. The summed E-state index contributed by atoms with van der Waals surface area (Å²) in [5.41, 5.74) is 2.16. The summed E-state index contributed by atoms with van der Waals surface area (Å²) in [5.74, 6) is -0.273. The van der Waals surface area contributed by atoms with Crippen LogP contribution < -0.4 is 5.32 Å². The van der Waals surface area contributed by atoms with Crippen molar-refractivity contribution in [2.45, 2.75) is 12.8 Å². The van der Waals surface area contributed by atoms with Gasteiger partial charge in [0.05, 0.1) is 0 Å². The second kappa shape index (κ2) is 3.12. The van der Waals surface area contributed by atoms with Crippen LogP contribution in [0.2, 0.25) is 0 Å². The number of rotatable bonds is 2. The molecule has 0 aliphatic carbocycles. The minimum atomic E-state index is -0.805. The highest BCUT2D eigenvalue weighted by Crippen LogP contribution is 2.30. The Morgan fingerprint density at radius 2 is 2.38 bits per heavy atom. The molecule has 0 saturated carbocycles. The molecule has 3 nitrogen and oxygen atoms in total. The zero-order valence-electron chi connectivity index (χ0n) is 7.33. The highest BCUT2D eigenvalue weighted by molar-refractivity contribution is 7.12. The van der Waals surface area contributed by atoms with E-state index in [1.807, 2.05) is 12.3 Å². The quantitative estimate of drug-likeness (QED) is 0.754. The largest absolute Gasteiger partial charge is 0.477 e. The lowest BCUT2D eigenvalue weighted by Crippen LogP contribution is -2.40. The Hall–Kier alpha value is -0.870. The first kappa shape index (κ1) is 8.72. The summed E-state index contributed by atoms with van der Waals surface area (Å²) in [5, 5.41) is 14.0. The van der Waals surface area contributed by atoms with Crippen molar-refractivity contribution in [1.82, 2.24) is 5.32 Å². The molecule has 1 aromatic rings. The second-order valence-electron chi connectivity index (χ2n) is 3.31. The van der Waals surface area contributed by atoms with Gasteiger partial charge in [0.15, 0.2) is 0 Å². The molecule has 1 aromatic heterocycles. The molecule has 2 heterocycles. The van der Waals surface area contributed by atoms with E-state index in [0.29, 0.717) is 10.8 Å². The van der Waals surface area contributed by atoms with Crippen LogP contribution in [0, 0.1) is 6.92 Å². The first-order chi connectivity index (χ1) is 6.20. The highest BCUT2D eigenvalue weighted by Gasteiger charge is 2.24. The predicted octanol–water partition coefficient (Wildman–Crippen LogP) is 1.44. The van der Waals surface area contributed by atoms with Gasteiger partial charge >= 0.3 is 5.97 Å². The topological polar surface area (TPSA) is 49.3 Å². The van der Waals surface area contributed by atoms with Crippen molar-refractivity contribution < 1.29 is 9.90 Å². The fraction of sp³-hybridized carbons (Fsp3) is 0.444. The zero-order chi connectivity index (χ0) is 9.42. The number of hydrogen-bond acceptors (Lipinski definition) is 3. The molecular formula is C9H11NO2S. The fourth-order valence-corrected chi connectivity index (χ4v) is 2.56. The van der Waals surface area contributed by atoms with Gasteiger partial charge in [-0.05, 0) is 23.4 Å². The molecule has 2 N–H and O–H groups in total. The maximum atomic E-state index is 10.8. The summed E-state index contributed by atoms with van der Waals surface area (Å²) in [7, 11) is 0. The molecule has 70 valence electrons. The van der Waals surface area contributed by atoms with Crippen LogP contribution >= 0.6 is 11.3 Å². The van der Waals surface area contributed by atoms with Crippen molar-refractivity contribution in [3.8, 4) is 0 Å². The lowest BCUT2D eigenvalue weighted by molar-refractivity contribution is 0.0701. The van der Waals surface area contributed by atoms with Crippen molar-refractivity contribution in [2.75, 3.05) is 13.1 Å². The first-order valence-corrected chi connectivity index (χ1v) is 5.10. The summed E-state index contributed by atoms with van der Waals surface area (Å²) < 4.78 is 0. The number of aromatic carboxylic acids is 1. The molecule has 0 aromatic carbocycles. The van der Waals surface area contributed by atoms with E-state index < -0.39 is 5.97 Å². The van der Waals surface area contributed by atoms with Gasteiger partial charge in [0.1, 0.15) is 4.88 Å². The number of hydrogen-bond donors (Lipinski definition) is 2. The molecule has 1 saturated heterocycles. The van der Waals surface area contributed by atoms with Crippen LogP contribution in [0.1, 0.15) is 26.7 Å². The van der Waals surface area contributed by atoms with Crippen LogP contribution in [0.5, 0.6) is 0 Å². The molecule has 2 rings (SSSR count). The highest BCUT2D eigenvalue weighted by atomic mass is 32.1. The van der Waals surface area contributed by atoms with Crippen molar-refractivity contribution in [2.24, 2.45) is 0 Å². The smallest absolute Gasteiger partial charge is 0.346 e. The SMILES string of the molecule is Cc1c(C2CNC2)csc1C(=O)O. The molecule has 0 bridgehead atoms. The van der Waals surface area contributed by atoms with Crippen LogP contribution in [-0.2, 0) is 0 Å². The zero-order valence-corrected chi connectivity index (χ0v) is 8.15. The van der Waals surface area contributed by atoms with E-state index in [1.165, 1.54) is 16.9 Å². The van der Waals surface area contributed by atoms with Crippen molar-refractivity contribution in [1.29, 1.82) is 0 Å². The molecule has 1 aliphatic rings. The minimum absolute atomic E-state index is 0.488. The number of thiophene rings is 1. The maximum absolute atomic E-state index is 10.8. The Morgan fingerprint density at radius 3 is 2.77 bits per heavy atom. The molecule has 0 amide bonds. The van der Waals surface area contributed by atoms with E-state index in [1.54, 1.807) is 0 Å². The summed E-state index contributed by atoms with van der Waals surface area (Å²) in [4.78, 5) is 11.2. The average Bonchev–Trinajstić information content (AvgIpc) is 2.29. The summed E-state index contributed by atoms with van der Waals surface area (Å²) in [6, 6.07) is 0. The third-order valence-corrected chi connectivity index (χ3v) is 3.58. The predicted molar refractivity (Wildman–Crippen MR) is 51.6 cm³/mol. The Balaban J connectivity index is 2.32. The van der Waals surface area contributed by atoms with Crippen LogP contribution in [0.25, 0.3) is 0 Å². The molecular weight excluding hydrogens is 186 g/mol. The van der Waals surface area contributed by atoms with Gasteiger partial charge in [0, 0.05) is 19.0 Å². The van der Waals surface area contributed by atoms with Gasteiger partial charge in [-0.2, -0.15) is 0 Å². The molecule has 1 fully saturated rings. The normalized spacial score (nSPS) is 17.0. The van der Waals surface area contributed by atoms with Crippen LogP contribution in [0.15, 0.2) is 5.38 Å². The number of nitrogens with one attached hydrogen (secondary N) is 1. The van der Waals surface area contributed by atoms with E-state index in [2.05, 4.69) is 5.32 Å². The van der Waals surface area contributed by atoms with Gasteiger partial charge in [0.25, 0.3) is 0 Å². The second-order valence-corrected chi connectivity index (χ2v) is 4.19. The third-order valence-electron chi connectivity index (χ3n) is 2.49. The van der Waals surface area contributed by atoms with Gasteiger partial charge in [0.2, 0.25) is 0 Å². The van der Waals surface area contributed by atoms with E-state index in [4.69, 9.17) is 5.11 Å². The standard InChI is InChI=1S/C9H11NO2S/c1-5-7(6-2-10-3-6)4-13-8(5)9(11)12/h4,6,10H,2-3H2,1H3,(H,11,12). The Morgan fingerprint density at radius 1 is 1.69 bits per heavy atom. The van der Waals surface area contributed by atoms with E-state index in [0.717, 1.165) is 18.7 Å². The fourth-order valence-electron chi connectivity index (χ4n) is 1.55. The van der Waals surface area contributed by atoms with Crippen molar-refractivity contribution in [3.05, 3.63) is 21.4 Å². The first-order valence-electron chi connectivity index (χ1n) is 4.22. The van der Waals surface area contributed by atoms with Gasteiger partial charge in [-0.15, -0.1) is 11.3 Å². The molecule has 0 radical (unpaired) electrons. The average molecular weight is 197 g/mol. The van der Waals surface area contributed by atoms with Gasteiger partial charge in [-0.3, -0.25) is 0 Å². The summed E-state index contributed by atoms with van der Waals surface area (Å²) >= 11 is 1.33. The van der Waals surface area contributed by atoms with Gasteiger partial charge in [-0.1, -0.05) is 0 Å². The van der Waals surface area contributed by atoms with E-state index in [9.17, 15) is 4.79 Å². The van der Waals surface area contributed by atoms with Gasteiger partial charge in [-0.25, -0.2) is 4.79 Å². The van der Waals surface area contributed by atoms with Crippen LogP contribution in [0.3, 0.4) is 0 Å². The van der Waals surface area contributed by atoms with Crippen molar-refractivity contribution in [3.63, 3.8) is 0 Å². The molecule has 13 heavy (non-hydrogen) atoms. The summed E-state index contributed by atoms with van der Waals surface area (Å²) in [6.45, 7) is 3.86. The molecule has 0 atom stereocenters. The minimum Gasteiger partial charge on any atom is -0.477 e. The van der Waals surface area contributed by atoms with Crippen molar-refractivity contribution >= 4 is 17.3 Å². The number of carboxylic acids is 1. The molecule has 0 unspecified atom stereocenters. The summed E-state index contributed by atoms with van der Waals surface area (Å²) in [6.07, 6.45) is 0. The monoisotopic (exact) mass is 197 g/mol. The Bertz CT molecular complexity index is 341. The maximum Gasteiger partial charge on any atom is 0.346 e. The van der Waals surface area contributed by atoms with E-state index in [-0.39, 0.29) is 0 Å². The lowest BCUT2D eigenvalue weighted by atomic mass is 9.93. The van der Waals surface area contributed by atoms with Gasteiger partial charge < -0.3 is 10.4 Å². The van der Waals surface area contributed by atoms with E-state index >= 15 is 0 Å². The molecule has 4 heteroatoms. The molecule has 0 spiro atoms.